The number of nitrogens with zero attached hydrogens (tertiary/aromatic N) is 4. The number of carbonyl (C=O) groups excluding carboxylic acids is 2. The fourth-order valence-corrected chi connectivity index (χ4v) is 5.95. The summed E-state index contributed by atoms with van der Waals surface area (Å²) in [4.78, 5) is 30.9. The normalized spacial score (nSPS) is 16.0. The van der Waals surface area contributed by atoms with E-state index in [2.05, 4.69) is 29.4 Å². The molecule has 10 heteroatoms. The van der Waals surface area contributed by atoms with Crippen molar-refractivity contribution in [3.05, 3.63) is 16.3 Å². The van der Waals surface area contributed by atoms with Crippen molar-refractivity contribution in [1.29, 1.82) is 0 Å². The molecular weight excluding hydrogens is 422 g/mol. The van der Waals surface area contributed by atoms with Crippen molar-refractivity contribution in [2.45, 2.75) is 51.6 Å². The lowest BCUT2D eigenvalue weighted by molar-refractivity contribution is -0.143. The average Bonchev–Trinajstić information content (AvgIpc) is 3.30. The Morgan fingerprint density at radius 2 is 2.17 bits per heavy atom. The van der Waals surface area contributed by atoms with Gasteiger partial charge in [-0.05, 0) is 37.7 Å². The molecule has 1 amide bonds. The number of hydrogen-bond acceptors (Lipinski definition) is 8. The van der Waals surface area contributed by atoms with Gasteiger partial charge in [0.25, 0.3) is 0 Å². The van der Waals surface area contributed by atoms with Gasteiger partial charge in [-0.1, -0.05) is 25.6 Å². The minimum Gasteiger partial charge on any atom is -0.465 e. The van der Waals surface area contributed by atoms with E-state index in [1.807, 2.05) is 4.40 Å². The largest absolute Gasteiger partial charge is 0.465 e. The van der Waals surface area contributed by atoms with Gasteiger partial charge in [0.15, 0.2) is 10.8 Å². The maximum atomic E-state index is 12.1. The molecule has 1 aliphatic carbocycles. The third-order valence-corrected chi connectivity index (χ3v) is 7.30. The van der Waals surface area contributed by atoms with Crippen LogP contribution >= 0.6 is 23.1 Å². The van der Waals surface area contributed by atoms with Crippen molar-refractivity contribution in [2.24, 2.45) is 5.92 Å². The van der Waals surface area contributed by atoms with E-state index in [4.69, 9.17) is 9.72 Å². The van der Waals surface area contributed by atoms with Crippen molar-refractivity contribution in [1.82, 2.24) is 24.9 Å². The maximum Gasteiger partial charge on any atom is 0.325 e. The Labute approximate surface area is 182 Å². The van der Waals surface area contributed by atoms with Crippen molar-refractivity contribution >= 4 is 50.8 Å². The van der Waals surface area contributed by atoms with Crippen molar-refractivity contribution in [2.75, 3.05) is 18.9 Å². The molecule has 1 aliphatic rings. The molecule has 0 bridgehead atoms. The van der Waals surface area contributed by atoms with Gasteiger partial charge in [-0.3, -0.25) is 14.0 Å². The van der Waals surface area contributed by atoms with E-state index < -0.39 is 5.97 Å². The first kappa shape index (κ1) is 21.0. The second-order valence-electron chi connectivity index (χ2n) is 7.43. The number of esters is 1. The molecule has 0 unspecified atom stereocenters. The molecule has 160 valence electrons. The Kier molecular flexibility index (Phi) is 6.24. The molecule has 1 N–H and O–H groups in total. The minimum atomic E-state index is -0.444. The van der Waals surface area contributed by atoms with Gasteiger partial charge in [-0.2, -0.15) is 0 Å². The van der Waals surface area contributed by atoms with E-state index in [9.17, 15) is 9.59 Å². The molecule has 0 saturated heterocycles. The number of rotatable bonds is 7. The van der Waals surface area contributed by atoms with E-state index >= 15 is 0 Å². The van der Waals surface area contributed by atoms with Gasteiger partial charge in [-0.25, -0.2) is 4.98 Å². The SMILES string of the molecule is CCOC(=O)CNC(=O)CSc1nnc2c3c4c(sc3nc(CC)n12)C[C@@H](C)CC4. The first-order chi connectivity index (χ1) is 14.5. The van der Waals surface area contributed by atoms with Gasteiger partial charge in [-0.15, -0.1) is 21.5 Å². The molecule has 0 saturated carbocycles. The van der Waals surface area contributed by atoms with Crippen molar-refractivity contribution in [3.8, 4) is 0 Å². The molecular formula is C20H25N5O3S2. The van der Waals surface area contributed by atoms with Crippen molar-refractivity contribution in [3.63, 3.8) is 0 Å². The highest BCUT2D eigenvalue weighted by atomic mass is 32.2. The minimum absolute atomic E-state index is 0.129. The van der Waals surface area contributed by atoms with Gasteiger partial charge in [0, 0.05) is 11.3 Å². The van der Waals surface area contributed by atoms with Crippen LogP contribution in [-0.4, -0.2) is 50.4 Å². The summed E-state index contributed by atoms with van der Waals surface area (Å²) in [5.41, 5.74) is 2.20. The van der Waals surface area contributed by atoms with Crippen LogP contribution in [0.3, 0.4) is 0 Å². The quantitative estimate of drug-likeness (QED) is 0.439. The second-order valence-corrected chi connectivity index (χ2v) is 9.45. The molecule has 3 heterocycles. The molecule has 0 fully saturated rings. The molecule has 1 atom stereocenters. The smallest absolute Gasteiger partial charge is 0.325 e. The Balaban J connectivity index is 1.60. The third kappa shape index (κ3) is 4.02. The Morgan fingerprint density at radius 3 is 2.93 bits per heavy atom. The Bertz CT molecular complexity index is 1110. The Morgan fingerprint density at radius 1 is 1.33 bits per heavy atom. The number of aromatic nitrogens is 4. The van der Waals surface area contributed by atoms with Crippen LogP contribution in [0, 0.1) is 5.92 Å². The van der Waals surface area contributed by atoms with Crippen LogP contribution < -0.4 is 5.32 Å². The lowest BCUT2D eigenvalue weighted by atomic mass is 9.89. The first-order valence-corrected chi connectivity index (χ1v) is 12.0. The monoisotopic (exact) mass is 447 g/mol. The van der Waals surface area contributed by atoms with Gasteiger partial charge >= 0.3 is 5.97 Å². The lowest BCUT2D eigenvalue weighted by Gasteiger charge is -2.17. The first-order valence-electron chi connectivity index (χ1n) is 10.2. The molecule has 0 aliphatic heterocycles. The zero-order valence-electron chi connectivity index (χ0n) is 17.4. The fourth-order valence-electron chi connectivity index (χ4n) is 3.77. The Hall–Kier alpha value is -2.20. The number of fused-ring (bicyclic) bond motifs is 5. The van der Waals surface area contributed by atoms with Gasteiger partial charge in [0.1, 0.15) is 17.2 Å². The van der Waals surface area contributed by atoms with Crippen LogP contribution in [0.4, 0.5) is 0 Å². The summed E-state index contributed by atoms with van der Waals surface area (Å²) in [6.45, 7) is 6.25. The number of nitrogens with one attached hydrogen (secondary N) is 1. The molecule has 8 nitrogen and oxygen atoms in total. The summed E-state index contributed by atoms with van der Waals surface area (Å²) in [5.74, 6) is 1.03. The zero-order valence-corrected chi connectivity index (χ0v) is 19.0. The summed E-state index contributed by atoms with van der Waals surface area (Å²) in [7, 11) is 0. The van der Waals surface area contributed by atoms with Crippen LogP contribution in [0.1, 0.15) is 43.5 Å². The van der Waals surface area contributed by atoms with E-state index in [-0.39, 0.29) is 18.2 Å². The predicted octanol–water partition coefficient (Wildman–Crippen LogP) is 2.80. The molecule has 4 rings (SSSR count). The number of hydrogen-bond donors (Lipinski definition) is 1. The predicted molar refractivity (Wildman–Crippen MR) is 117 cm³/mol. The molecule has 0 radical (unpaired) electrons. The average molecular weight is 448 g/mol. The van der Waals surface area contributed by atoms with Crippen LogP contribution in [-0.2, 0) is 33.6 Å². The fraction of sp³-hybridized carbons (Fsp3) is 0.550. The van der Waals surface area contributed by atoms with E-state index in [1.165, 1.54) is 28.6 Å². The highest BCUT2D eigenvalue weighted by Gasteiger charge is 2.25. The number of thioether (sulfide) groups is 1. The van der Waals surface area contributed by atoms with E-state index in [1.54, 1.807) is 18.3 Å². The number of carbonyl (C=O) groups is 2. The van der Waals surface area contributed by atoms with Crippen LogP contribution in [0.25, 0.3) is 15.9 Å². The molecule has 3 aromatic heterocycles. The second kappa shape index (κ2) is 8.89. The molecule has 30 heavy (non-hydrogen) atoms. The molecule has 0 aromatic carbocycles. The van der Waals surface area contributed by atoms with Crippen molar-refractivity contribution < 1.29 is 14.3 Å². The number of amides is 1. The topological polar surface area (TPSA) is 98.5 Å². The van der Waals surface area contributed by atoms with Gasteiger partial charge in [0.05, 0.1) is 17.7 Å². The van der Waals surface area contributed by atoms with Crippen LogP contribution in [0.15, 0.2) is 5.16 Å². The highest BCUT2D eigenvalue weighted by Crippen LogP contribution is 2.39. The highest BCUT2D eigenvalue weighted by molar-refractivity contribution is 7.99. The van der Waals surface area contributed by atoms with Crippen LogP contribution in [0.5, 0.6) is 0 Å². The summed E-state index contributed by atoms with van der Waals surface area (Å²) in [6, 6.07) is 0. The van der Waals surface area contributed by atoms with Crippen LogP contribution in [0.2, 0.25) is 0 Å². The zero-order chi connectivity index (χ0) is 21.3. The van der Waals surface area contributed by atoms with Gasteiger partial charge in [0.2, 0.25) is 5.91 Å². The molecule has 3 aromatic rings. The number of thiophene rings is 1. The number of ether oxygens (including phenoxy) is 1. The summed E-state index contributed by atoms with van der Waals surface area (Å²) < 4.78 is 6.80. The molecule has 0 spiro atoms. The number of aryl methyl sites for hydroxylation is 2. The summed E-state index contributed by atoms with van der Waals surface area (Å²) in [5, 5.41) is 13.2. The van der Waals surface area contributed by atoms with Gasteiger partial charge < -0.3 is 10.1 Å². The lowest BCUT2D eigenvalue weighted by Crippen LogP contribution is -2.31. The van der Waals surface area contributed by atoms with E-state index in [0.717, 1.165) is 41.0 Å². The third-order valence-electron chi connectivity index (χ3n) is 5.22. The summed E-state index contributed by atoms with van der Waals surface area (Å²) >= 11 is 3.08. The standard InChI is InChI=1S/C20H25N5O3S2/c1-4-14-22-19-17(12-7-6-11(3)8-13(12)30-19)18-23-24-20(25(14)18)29-10-15(26)21-9-16(27)28-5-2/h11H,4-10H2,1-3H3,(H,21,26)/t11-/m0/s1. The maximum absolute atomic E-state index is 12.1. The summed E-state index contributed by atoms with van der Waals surface area (Å²) in [6.07, 6.45) is 4.06. The van der Waals surface area contributed by atoms with E-state index in [0.29, 0.717) is 17.7 Å².